The molecule has 0 bridgehead atoms. The number of hydrogen-bond donors (Lipinski definition) is 1. The zero-order valence-corrected chi connectivity index (χ0v) is 11.8. The van der Waals surface area contributed by atoms with Crippen LogP contribution in [0.2, 0.25) is 5.15 Å². The summed E-state index contributed by atoms with van der Waals surface area (Å²) in [5.74, 6) is -0.0895. The van der Waals surface area contributed by atoms with E-state index >= 15 is 0 Å². The molecule has 0 fully saturated rings. The second-order valence-corrected chi connectivity index (χ2v) is 5.97. The summed E-state index contributed by atoms with van der Waals surface area (Å²) in [7, 11) is 0. The zero-order valence-electron chi connectivity index (χ0n) is 10.2. The van der Waals surface area contributed by atoms with E-state index < -0.39 is 0 Å². The molecule has 0 saturated heterocycles. The highest BCUT2D eigenvalue weighted by Crippen LogP contribution is 2.33. The summed E-state index contributed by atoms with van der Waals surface area (Å²) in [5, 5.41) is 5.52. The summed E-state index contributed by atoms with van der Waals surface area (Å²) < 4.78 is 0. The summed E-state index contributed by atoms with van der Waals surface area (Å²) in [5.41, 5.74) is 1.83. The van der Waals surface area contributed by atoms with Crippen molar-refractivity contribution in [3.05, 3.63) is 50.9 Å². The van der Waals surface area contributed by atoms with Crippen LogP contribution in [0.1, 0.15) is 39.7 Å². The maximum absolute atomic E-state index is 12.2. The molecule has 1 N–H and O–H groups in total. The van der Waals surface area contributed by atoms with Crippen molar-refractivity contribution < 1.29 is 4.79 Å². The van der Waals surface area contributed by atoms with Crippen LogP contribution in [0.25, 0.3) is 0 Å². The SMILES string of the molecule is O=C(NC1CCCc2sccc21)c1ccnc(Cl)c1. The molecule has 98 valence electrons. The van der Waals surface area contributed by atoms with Crippen LogP contribution in [0.15, 0.2) is 29.8 Å². The normalized spacial score (nSPS) is 17.8. The smallest absolute Gasteiger partial charge is 0.251 e. The molecule has 3 rings (SSSR count). The third kappa shape index (κ3) is 2.65. The number of amides is 1. The molecular formula is C14H13ClN2OS. The van der Waals surface area contributed by atoms with E-state index in [0.717, 1.165) is 19.3 Å². The minimum Gasteiger partial charge on any atom is -0.345 e. The van der Waals surface area contributed by atoms with Crippen LogP contribution in [-0.2, 0) is 6.42 Å². The van der Waals surface area contributed by atoms with E-state index in [0.29, 0.717) is 10.7 Å². The number of carbonyl (C=O) groups excluding carboxylic acids is 1. The Balaban J connectivity index is 1.78. The molecule has 1 unspecified atom stereocenters. The van der Waals surface area contributed by atoms with Gasteiger partial charge in [-0.25, -0.2) is 4.98 Å². The first-order valence-electron chi connectivity index (χ1n) is 6.23. The van der Waals surface area contributed by atoms with E-state index in [1.54, 1.807) is 29.7 Å². The van der Waals surface area contributed by atoms with Gasteiger partial charge in [-0.05, 0) is 48.4 Å². The van der Waals surface area contributed by atoms with Gasteiger partial charge in [-0.2, -0.15) is 0 Å². The van der Waals surface area contributed by atoms with Crippen molar-refractivity contribution in [3.8, 4) is 0 Å². The van der Waals surface area contributed by atoms with Gasteiger partial charge < -0.3 is 5.32 Å². The van der Waals surface area contributed by atoms with Gasteiger partial charge in [0.05, 0.1) is 6.04 Å². The van der Waals surface area contributed by atoms with E-state index in [-0.39, 0.29) is 11.9 Å². The number of aromatic nitrogens is 1. The fraction of sp³-hybridized carbons (Fsp3) is 0.286. The molecule has 1 aliphatic rings. The molecule has 0 aromatic carbocycles. The highest BCUT2D eigenvalue weighted by atomic mass is 35.5. The van der Waals surface area contributed by atoms with Gasteiger partial charge in [-0.3, -0.25) is 4.79 Å². The van der Waals surface area contributed by atoms with Crippen molar-refractivity contribution in [2.24, 2.45) is 0 Å². The molecule has 2 heterocycles. The fourth-order valence-electron chi connectivity index (χ4n) is 2.42. The Kier molecular flexibility index (Phi) is 3.53. The Morgan fingerprint density at radius 1 is 1.47 bits per heavy atom. The van der Waals surface area contributed by atoms with Crippen LogP contribution in [0.4, 0.5) is 0 Å². The Morgan fingerprint density at radius 2 is 2.37 bits per heavy atom. The Morgan fingerprint density at radius 3 is 3.21 bits per heavy atom. The molecule has 1 aliphatic carbocycles. The predicted molar refractivity (Wildman–Crippen MR) is 76.7 cm³/mol. The minimum absolute atomic E-state index is 0.0895. The highest BCUT2D eigenvalue weighted by molar-refractivity contribution is 7.10. The van der Waals surface area contributed by atoms with Crippen molar-refractivity contribution in [2.75, 3.05) is 0 Å². The van der Waals surface area contributed by atoms with Gasteiger partial charge in [0.15, 0.2) is 0 Å². The number of carbonyl (C=O) groups is 1. The average Bonchev–Trinajstić information content (AvgIpc) is 2.88. The molecule has 19 heavy (non-hydrogen) atoms. The van der Waals surface area contributed by atoms with Crippen LogP contribution < -0.4 is 5.32 Å². The maximum Gasteiger partial charge on any atom is 0.251 e. The van der Waals surface area contributed by atoms with Crippen LogP contribution in [0.5, 0.6) is 0 Å². The lowest BCUT2D eigenvalue weighted by Crippen LogP contribution is -2.30. The fourth-order valence-corrected chi connectivity index (χ4v) is 3.58. The van der Waals surface area contributed by atoms with Gasteiger partial charge in [0.25, 0.3) is 5.91 Å². The number of aryl methyl sites for hydroxylation is 1. The summed E-state index contributed by atoms with van der Waals surface area (Å²) in [6.45, 7) is 0. The number of nitrogens with one attached hydrogen (secondary N) is 1. The van der Waals surface area contributed by atoms with Crippen molar-refractivity contribution in [1.29, 1.82) is 0 Å². The molecule has 1 atom stereocenters. The second kappa shape index (κ2) is 5.31. The lowest BCUT2D eigenvalue weighted by atomic mass is 9.94. The lowest BCUT2D eigenvalue weighted by Gasteiger charge is -2.23. The van der Waals surface area contributed by atoms with Crippen LogP contribution in [0.3, 0.4) is 0 Å². The minimum atomic E-state index is -0.0895. The van der Waals surface area contributed by atoms with Crippen molar-refractivity contribution >= 4 is 28.8 Å². The number of hydrogen-bond acceptors (Lipinski definition) is 3. The Hall–Kier alpha value is -1.39. The number of rotatable bonds is 2. The average molecular weight is 293 g/mol. The van der Waals surface area contributed by atoms with Gasteiger partial charge in [-0.1, -0.05) is 11.6 Å². The Bertz CT molecular complexity index is 611. The van der Waals surface area contributed by atoms with Gasteiger partial charge in [0, 0.05) is 16.6 Å². The molecule has 1 amide bonds. The standard InChI is InChI=1S/C14H13ClN2OS/c15-13-8-9(4-6-16-13)14(18)17-11-2-1-3-12-10(11)5-7-19-12/h4-8,11H,1-3H2,(H,17,18). The van der Waals surface area contributed by atoms with Crippen LogP contribution in [0, 0.1) is 0 Å². The quantitative estimate of drug-likeness (QED) is 0.859. The molecule has 2 aromatic heterocycles. The van der Waals surface area contributed by atoms with Gasteiger partial charge in [0.1, 0.15) is 5.15 Å². The molecular weight excluding hydrogens is 280 g/mol. The molecule has 0 spiro atoms. The maximum atomic E-state index is 12.2. The number of halogens is 1. The van der Waals surface area contributed by atoms with Crippen molar-refractivity contribution in [3.63, 3.8) is 0 Å². The second-order valence-electron chi connectivity index (χ2n) is 4.58. The highest BCUT2D eigenvalue weighted by Gasteiger charge is 2.23. The molecule has 0 aliphatic heterocycles. The van der Waals surface area contributed by atoms with Gasteiger partial charge in [0.2, 0.25) is 0 Å². The molecule has 5 heteroatoms. The third-order valence-corrected chi connectivity index (χ3v) is 4.55. The van der Waals surface area contributed by atoms with Crippen molar-refractivity contribution in [2.45, 2.75) is 25.3 Å². The largest absolute Gasteiger partial charge is 0.345 e. The topological polar surface area (TPSA) is 42.0 Å². The van der Waals surface area contributed by atoms with Crippen LogP contribution >= 0.6 is 22.9 Å². The van der Waals surface area contributed by atoms with E-state index in [1.165, 1.54) is 10.4 Å². The Labute approximate surface area is 120 Å². The number of thiophene rings is 1. The molecule has 2 aromatic rings. The number of nitrogens with zero attached hydrogens (tertiary/aromatic N) is 1. The number of fused-ring (bicyclic) bond motifs is 1. The first-order chi connectivity index (χ1) is 9.24. The first-order valence-corrected chi connectivity index (χ1v) is 7.48. The van der Waals surface area contributed by atoms with Gasteiger partial charge in [-0.15, -0.1) is 11.3 Å². The monoisotopic (exact) mass is 292 g/mol. The molecule has 3 nitrogen and oxygen atoms in total. The van der Waals surface area contributed by atoms with Gasteiger partial charge >= 0.3 is 0 Å². The summed E-state index contributed by atoms with van der Waals surface area (Å²) in [6, 6.07) is 5.51. The lowest BCUT2D eigenvalue weighted by molar-refractivity contribution is 0.0933. The van der Waals surface area contributed by atoms with E-state index in [2.05, 4.69) is 21.7 Å². The first kappa shape index (κ1) is 12.6. The van der Waals surface area contributed by atoms with E-state index in [4.69, 9.17) is 11.6 Å². The van der Waals surface area contributed by atoms with E-state index in [1.807, 2.05) is 0 Å². The zero-order chi connectivity index (χ0) is 13.2. The summed E-state index contributed by atoms with van der Waals surface area (Å²) in [4.78, 5) is 17.5. The predicted octanol–water partition coefficient (Wildman–Crippen LogP) is 3.60. The third-order valence-electron chi connectivity index (χ3n) is 3.35. The number of pyridine rings is 1. The molecule has 0 radical (unpaired) electrons. The van der Waals surface area contributed by atoms with E-state index in [9.17, 15) is 4.79 Å². The molecule has 0 saturated carbocycles. The summed E-state index contributed by atoms with van der Waals surface area (Å²) in [6.07, 6.45) is 4.79. The van der Waals surface area contributed by atoms with Crippen LogP contribution in [-0.4, -0.2) is 10.9 Å². The van der Waals surface area contributed by atoms with Crippen molar-refractivity contribution in [1.82, 2.24) is 10.3 Å². The summed E-state index contributed by atoms with van der Waals surface area (Å²) >= 11 is 7.58.